The van der Waals surface area contributed by atoms with E-state index in [9.17, 15) is 18.0 Å². The van der Waals surface area contributed by atoms with Gasteiger partial charge in [0, 0.05) is 49.7 Å². The van der Waals surface area contributed by atoms with Crippen LogP contribution in [-0.4, -0.2) is 35.3 Å². The zero-order valence-electron chi connectivity index (χ0n) is 14.7. The topological polar surface area (TPSA) is 73.4 Å². The van der Waals surface area contributed by atoms with Gasteiger partial charge in [0.1, 0.15) is 5.82 Å². The second-order valence-electron chi connectivity index (χ2n) is 6.90. The number of rotatable bonds is 1. The quantitative estimate of drug-likeness (QED) is 0.772. The van der Waals surface area contributed by atoms with Crippen LogP contribution in [0.5, 0.6) is 0 Å². The standard InChI is InChI=1S/C18H19F3N4O2/c1-27-18(26)25-4-2-3-24-16-8-14(22)10(6-15(16)23-17(24)25)9-5-12(20)13(21)7-11(9)19/h5,7,10,14H,2-4,6,8,22H2,1H3/t10-,14+/m1/s1. The summed E-state index contributed by atoms with van der Waals surface area (Å²) in [5.74, 6) is -3.20. The normalized spacial score (nSPS) is 21.6. The molecule has 2 aromatic rings. The first-order valence-corrected chi connectivity index (χ1v) is 8.74. The summed E-state index contributed by atoms with van der Waals surface area (Å²) >= 11 is 0. The lowest BCUT2D eigenvalue weighted by atomic mass is 9.80. The van der Waals surface area contributed by atoms with Gasteiger partial charge in [0.25, 0.3) is 0 Å². The molecule has 144 valence electrons. The molecule has 0 radical (unpaired) electrons. The average Bonchev–Trinajstić information content (AvgIpc) is 3.01. The molecule has 6 nitrogen and oxygen atoms in total. The van der Waals surface area contributed by atoms with Gasteiger partial charge < -0.3 is 15.0 Å². The molecule has 0 fully saturated rings. The molecule has 2 heterocycles. The number of halogens is 3. The van der Waals surface area contributed by atoms with E-state index in [4.69, 9.17) is 10.5 Å². The molecule has 2 aliphatic rings. The highest BCUT2D eigenvalue weighted by Crippen LogP contribution is 2.37. The fourth-order valence-electron chi connectivity index (χ4n) is 4.01. The molecule has 0 spiro atoms. The molecule has 0 unspecified atom stereocenters. The molecule has 1 amide bonds. The number of nitrogens with two attached hydrogens (primary N) is 1. The van der Waals surface area contributed by atoms with Crippen molar-refractivity contribution in [2.75, 3.05) is 18.6 Å². The van der Waals surface area contributed by atoms with Crippen LogP contribution >= 0.6 is 0 Å². The van der Waals surface area contributed by atoms with Gasteiger partial charge in [-0.05, 0) is 18.1 Å². The van der Waals surface area contributed by atoms with Gasteiger partial charge in [-0.3, -0.25) is 0 Å². The van der Waals surface area contributed by atoms with E-state index in [2.05, 4.69) is 4.98 Å². The summed E-state index contributed by atoms with van der Waals surface area (Å²) in [5, 5.41) is 0. The Bertz CT molecular complexity index is 914. The molecule has 9 heteroatoms. The molecule has 1 aliphatic heterocycles. The third-order valence-corrected chi connectivity index (χ3v) is 5.33. The fourth-order valence-corrected chi connectivity index (χ4v) is 4.01. The van der Waals surface area contributed by atoms with E-state index >= 15 is 0 Å². The SMILES string of the molecule is COC(=O)N1CCCn2c1nc1c2C[C@H](N)[C@@H](c2cc(F)c(F)cc2F)C1. The Morgan fingerprint density at radius 1 is 1.19 bits per heavy atom. The van der Waals surface area contributed by atoms with Crippen molar-refractivity contribution in [3.05, 3.63) is 46.5 Å². The number of nitrogens with zero attached hydrogens (tertiary/aromatic N) is 3. The summed E-state index contributed by atoms with van der Waals surface area (Å²) in [5.41, 5.74) is 7.90. The highest BCUT2D eigenvalue weighted by Gasteiger charge is 2.36. The minimum absolute atomic E-state index is 0.0443. The van der Waals surface area contributed by atoms with E-state index in [1.807, 2.05) is 4.57 Å². The summed E-state index contributed by atoms with van der Waals surface area (Å²) in [7, 11) is 1.31. The molecular formula is C18H19F3N4O2. The summed E-state index contributed by atoms with van der Waals surface area (Å²) in [4.78, 5) is 18.0. The number of fused-ring (bicyclic) bond motifs is 3. The Morgan fingerprint density at radius 2 is 1.93 bits per heavy atom. The molecule has 0 bridgehead atoms. The monoisotopic (exact) mass is 380 g/mol. The highest BCUT2D eigenvalue weighted by atomic mass is 19.2. The Morgan fingerprint density at radius 3 is 2.67 bits per heavy atom. The maximum atomic E-state index is 14.2. The number of hydrogen-bond donors (Lipinski definition) is 1. The third kappa shape index (κ3) is 2.86. The molecule has 0 saturated heterocycles. The number of hydrogen-bond acceptors (Lipinski definition) is 4. The van der Waals surface area contributed by atoms with Crippen LogP contribution in [0.4, 0.5) is 23.9 Å². The first kappa shape index (κ1) is 17.8. The van der Waals surface area contributed by atoms with Crippen molar-refractivity contribution in [1.29, 1.82) is 0 Å². The smallest absolute Gasteiger partial charge is 0.416 e. The lowest BCUT2D eigenvalue weighted by molar-refractivity contribution is 0.177. The van der Waals surface area contributed by atoms with Crippen molar-refractivity contribution in [2.45, 2.75) is 37.8 Å². The number of aromatic nitrogens is 2. The predicted molar refractivity (Wildman–Crippen MR) is 91.0 cm³/mol. The zero-order chi connectivity index (χ0) is 19.3. The molecule has 2 atom stereocenters. The second kappa shape index (κ2) is 6.56. The van der Waals surface area contributed by atoms with E-state index < -0.39 is 35.5 Å². The second-order valence-corrected chi connectivity index (χ2v) is 6.90. The fraction of sp³-hybridized carbons (Fsp3) is 0.444. The zero-order valence-corrected chi connectivity index (χ0v) is 14.7. The van der Waals surface area contributed by atoms with Crippen molar-refractivity contribution in [3.8, 4) is 0 Å². The maximum absolute atomic E-state index is 14.2. The van der Waals surface area contributed by atoms with Crippen LogP contribution < -0.4 is 10.6 Å². The largest absolute Gasteiger partial charge is 0.452 e. The summed E-state index contributed by atoms with van der Waals surface area (Å²) in [6.45, 7) is 1.19. The van der Waals surface area contributed by atoms with Crippen molar-refractivity contribution in [1.82, 2.24) is 9.55 Å². The average molecular weight is 380 g/mol. The number of carbonyl (C=O) groups excluding carboxylic acids is 1. The van der Waals surface area contributed by atoms with Gasteiger partial charge >= 0.3 is 6.09 Å². The molecule has 1 aromatic carbocycles. The van der Waals surface area contributed by atoms with Crippen LogP contribution in [0.15, 0.2) is 12.1 Å². The van der Waals surface area contributed by atoms with E-state index in [1.54, 1.807) is 0 Å². The van der Waals surface area contributed by atoms with Crippen molar-refractivity contribution in [3.63, 3.8) is 0 Å². The van der Waals surface area contributed by atoms with E-state index in [0.29, 0.717) is 37.2 Å². The Kier molecular flexibility index (Phi) is 4.33. The molecule has 2 N–H and O–H groups in total. The van der Waals surface area contributed by atoms with Gasteiger partial charge in [-0.25, -0.2) is 27.8 Å². The van der Waals surface area contributed by atoms with Crippen molar-refractivity contribution in [2.24, 2.45) is 5.73 Å². The molecule has 1 aromatic heterocycles. The van der Waals surface area contributed by atoms with Gasteiger partial charge in [-0.1, -0.05) is 0 Å². The van der Waals surface area contributed by atoms with Crippen LogP contribution in [0.1, 0.15) is 29.3 Å². The van der Waals surface area contributed by atoms with Crippen LogP contribution in [0, 0.1) is 17.5 Å². The number of ether oxygens (including phenoxy) is 1. The van der Waals surface area contributed by atoms with Crippen molar-refractivity contribution < 1.29 is 22.7 Å². The number of amides is 1. The van der Waals surface area contributed by atoms with Crippen LogP contribution in [-0.2, 0) is 24.1 Å². The molecular weight excluding hydrogens is 361 g/mol. The molecule has 1 aliphatic carbocycles. The molecule has 0 saturated carbocycles. The lowest BCUT2D eigenvalue weighted by Gasteiger charge is -2.31. The number of benzene rings is 1. The van der Waals surface area contributed by atoms with E-state index in [1.165, 1.54) is 12.0 Å². The highest BCUT2D eigenvalue weighted by molar-refractivity contribution is 5.85. The maximum Gasteiger partial charge on any atom is 0.416 e. The first-order chi connectivity index (χ1) is 12.9. The Labute approximate surface area is 153 Å². The Hall–Kier alpha value is -2.55. The van der Waals surface area contributed by atoms with Gasteiger partial charge in [-0.15, -0.1) is 0 Å². The third-order valence-electron chi connectivity index (χ3n) is 5.33. The molecule has 4 rings (SSSR count). The number of carbonyl (C=O) groups is 1. The van der Waals surface area contributed by atoms with Gasteiger partial charge in [0.15, 0.2) is 11.6 Å². The van der Waals surface area contributed by atoms with Crippen molar-refractivity contribution >= 4 is 12.0 Å². The number of imidazole rings is 1. The summed E-state index contributed by atoms with van der Waals surface area (Å²) in [6, 6.07) is 0.937. The van der Waals surface area contributed by atoms with Crippen LogP contribution in [0.25, 0.3) is 0 Å². The predicted octanol–water partition coefficient (Wildman–Crippen LogP) is 2.49. The van der Waals surface area contributed by atoms with E-state index in [0.717, 1.165) is 18.2 Å². The number of methoxy groups -OCH3 is 1. The molecule has 27 heavy (non-hydrogen) atoms. The number of anilines is 1. The van der Waals surface area contributed by atoms with Crippen LogP contribution in [0.2, 0.25) is 0 Å². The lowest BCUT2D eigenvalue weighted by Crippen LogP contribution is -2.39. The van der Waals surface area contributed by atoms with E-state index in [-0.39, 0.29) is 12.0 Å². The minimum Gasteiger partial charge on any atom is -0.452 e. The minimum atomic E-state index is -1.23. The van der Waals surface area contributed by atoms with Crippen LogP contribution in [0.3, 0.4) is 0 Å². The van der Waals surface area contributed by atoms with Gasteiger partial charge in [0.2, 0.25) is 5.95 Å². The Balaban J connectivity index is 1.72. The summed E-state index contributed by atoms with van der Waals surface area (Å²) < 4.78 is 47.9. The van der Waals surface area contributed by atoms with Gasteiger partial charge in [-0.2, -0.15) is 0 Å². The summed E-state index contributed by atoms with van der Waals surface area (Å²) in [6.07, 6.45) is 0.945. The first-order valence-electron chi connectivity index (χ1n) is 8.74. The van der Waals surface area contributed by atoms with Gasteiger partial charge in [0.05, 0.1) is 12.8 Å².